The van der Waals surface area contributed by atoms with Gasteiger partial charge in [-0.05, 0) is 26.0 Å². The summed E-state index contributed by atoms with van der Waals surface area (Å²) in [7, 11) is 0. The molecule has 0 atom stereocenters. The van der Waals surface area contributed by atoms with Crippen molar-refractivity contribution in [2.24, 2.45) is 0 Å². The van der Waals surface area contributed by atoms with Crippen molar-refractivity contribution in [3.8, 4) is 0 Å². The van der Waals surface area contributed by atoms with Crippen molar-refractivity contribution in [2.75, 3.05) is 0 Å². The summed E-state index contributed by atoms with van der Waals surface area (Å²) < 4.78 is 13.5. The maximum absolute atomic E-state index is 13.5. The Hall–Kier alpha value is -1.77. The van der Waals surface area contributed by atoms with E-state index in [1.165, 1.54) is 6.07 Å². The van der Waals surface area contributed by atoms with Crippen LogP contribution >= 0.6 is 0 Å². The molecule has 3 heteroatoms. The van der Waals surface area contributed by atoms with Crippen molar-refractivity contribution in [3.05, 3.63) is 41.6 Å². The van der Waals surface area contributed by atoms with Gasteiger partial charge >= 0.3 is 0 Å². The Kier molecular flexibility index (Phi) is 2.46. The molecule has 0 radical (unpaired) electrons. The first-order valence-electron chi connectivity index (χ1n) is 4.78. The van der Waals surface area contributed by atoms with Gasteiger partial charge in [-0.3, -0.25) is 0 Å². The Balaban J connectivity index is 2.79. The largest absolute Gasteiger partial charge is 0.233 e. The first-order chi connectivity index (χ1) is 7.22. The van der Waals surface area contributed by atoms with Crippen molar-refractivity contribution in [3.63, 3.8) is 0 Å². The molecule has 0 unspecified atom stereocenters. The number of allylic oxidation sites excluding steroid dienone is 1. The van der Waals surface area contributed by atoms with Crippen LogP contribution in [0.2, 0.25) is 0 Å². The molecule has 0 aliphatic carbocycles. The van der Waals surface area contributed by atoms with E-state index in [1.807, 2.05) is 26.0 Å². The number of halogens is 1. The van der Waals surface area contributed by atoms with E-state index in [2.05, 4.69) is 9.97 Å². The van der Waals surface area contributed by atoms with Crippen molar-refractivity contribution >= 4 is 17.0 Å². The summed E-state index contributed by atoms with van der Waals surface area (Å²) in [6, 6.07) is 4.91. The van der Waals surface area contributed by atoms with Crippen LogP contribution in [0.25, 0.3) is 17.0 Å². The van der Waals surface area contributed by atoms with Gasteiger partial charge in [-0.1, -0.05) is 18.2 Å². The van der Waals surface area contributed by atoms with Crippen LogP contribution in [0.15, 0.2) is 24.3 Å². The number of nitrogens with zero attached hydrogens (tertiary/aromatic N) is 2. The molecule has 0 N–H and O–H groups in total. The average Bonchev–Trinajstić information content (AvgIpc) is 2.20. The monoisotopic (exact) mass is 202 g/mol. The van der Waals surface area contributed by atoms with Gasteiger partial charge in [0.15, 0.2) is 5.82 Å². The van der Waals surface area contributed by atoms with E-state index in [0.717, 1.165) is 11.1 Å². The molecule has 0 amide bonds. The second-order valence-corrected chi connectivity index (χ2v) is 3.30. The lowest BCUT2D eigenvalue weighted by Gasteiger charge is -2.03. The van der Waals surface area contributed by atoms with E-state index in [0.29, 0.717) is 11.3 Å². The molecule has 15 heavy (non-hydrogen) atoms. The van der Waals surface area contributed by atoms with E-state index in [-0.39, 0.29) is 5.82 Å². The number of aryl methyl sites for hydroxylation is 1. The predicted octanol–water partition coefficient (Wildman–Crippen LogP) is 3.11. The Labute approximate surface area is 87.5 Å². The SMILES string of the molecule is CC=Cc1nc(C)c2cccc(F)c2n1. The molecular formula is C12H11FN2. The normalized spacial score (nSPS) is 11.4. The third kappa shape index (κ3) is 1.73. The van der Waals surface area contributed by atoms with Crippen LogP contribution in [0.1, 0.15) is 18.4 Å². The van der Waals surface area contributed by atoms with Crippen LogP contribution in [0.4, 0.5) is 4.39 Å². The van der Waals surface area contributed by atoms with E-state index >= 15 is 0 Å². The Bertz CT molecular complexity index is 532. The molecule has 0 saturated heterocycles. The van der Waals surface area contributed by atoms with Gasteiger partial charge < -0.3 is 0 Å². The highest BCUT2D eigenvalue weighted by Gasteiger charge is 2.06. The standard InChI is InChI=1S/C12H11FN2/c1-3-5-11-14-8(2)9-6-4-7-10(13)12(9)15-11/h3-7H,1-2H3. The van der Waals surface area contributed by atoms with Gasteiger partial charge in [0.05, 0.1) is 0 Å². The quantitative estimate of drug-likeness (QED) is 0.710. The number of fused-ring (bicyclic) bond motifs is 1. The molecule has 0 spiro atoms. The highest BCUT2D eigenvalue weighted by Crippen LogP contribution is 2.18. The topological polar surface area (TPSA) is 25.8 Å². The number of hydrogen-bond donors (Lipinski definition) is 0. The molecule has 0 aliphatic rings. The summed E-state index contributed by atoms with van der Waals surface area (Å²) >= 11 is 0. The minimum absolute atomic E-state index is 0.302. The maximum atomic E-state index is 13.5. The molecule has 2 aromatic rings. The predicted molar refractivity (Wildman–Crippen MR) is 58.9 cm³/mol. The highest BCUT2D eigenvalue weighted by atomic mass is 19.1. The lowest BCUT2D eigenvalue weighted by Crippen LogP contribution is -1.95. The second-order valence-electron chi connectivity index (χ2n) is 3.30. The van der Waals surface area contributed by atoms with Gasteiger partial charge in [0, 0.05) is 11.1 Å². The van der Waals surface area contributed by atoms with Gasteiger partial charge in [-0.15, -0.1) is 0 Å². The summed E-state index contributed by atoms with van der Waals surface area (Å²) in [5, 5.41) is 0.767. The number of aromatic nitrogens is 2. The zero-order valence-electron chi connectivity index (χ0n) is 8.66. The van der Waals surface area contributed by atoms with Crippen LogP contribution in [0.3, 0.4) is 0 Å². The summed E-state index contributed by atoms with van der Waals surface area (Å²) in [6.07, 6.45) is 3.60. The Morgan fingerprint density at radius 1 is 1.27 bits per heavy atom. The van der Waals surface area contributed by atoms with Crippen molar-refractivity contribution in [1.82, 2.24) is 9.97 Å². The molecular weight excluding hydrogens is 191 g/mol. The van der Waals surface area contributed by atoms with Gasteiger partial charge in [-0.2, -0.15) is 0 Å². The molecule has 0 saturated carbocycles. The molecule has 1 heterocycles. The minimum Gasteiger partial charge on any atom is -0.233 e. The molecule has 0 fully saturated rings. The molecule has 1 aromatic heterocycles. The second kappa shape index (κ2) is 3.77. The van der Waals surface area contributed by atoms with Gasteiger partial charge in [0.25, 0.3) is 0 Å². The third-order valence-electron chi connectivity index (χ3n) is 2.20. The Morgan fingerprint density at radius 2 is 2.07 bits per heavy atom. The number of benzene rings is 1. The first-order valence-corrected chi connectivity index (χ1v) is 4.78. The fraction of sp³-hybridized carbons (Fsp3) is 0.167. The van der Waals surface area contributed by atoms with Crippen LogP contribution in [0, 0.1) is 12.7 Å². The van der Waals surface area contributed by atoms with Crippen LogP contribution < -0.4 is 0 Å². The van der Waals surface area contributed by atoms with E-state index in [9.17, 15) is 4.39 Å². The maximum Gasteiger partial charge on any atom is 0.152 e. The zero-order chi connectivity index (χ0) is 10.8. The van der Waals surface area contributed by atoms with Crippen molar-refractivity contribution < 1.29 is 4.39 Å². The van der Waals surface area contributed by atoms with Gasteiger partial charge in [0.1, 0.15) is 11.3 Å². The minimum atomic E-state index is -0.302. The van der Waals surface area contributed by atoms with E-state index in [4.69, 9.17) is 0 Å². The van der Waals surface area contributed by atoms with Crippen LogP contribution in [-0.2, 0) is 0 Å². The fourth-order valence-corrected chi connectivity index (χ4v) is 1.52. The molecule has 2 nitrogen and oxygen atoms in total. The van der Waals surface area contributed by atoms with Gasteiger partial charge in [-0.25, -0.2) is 14.4 Å². The summed E-state index contributed by atoms with van der Waals surface area (Å²) in [5.41, 5.74) is 1.19. The average molecular weight is 202 g/mol. The Morgan fingerprint density at radius 3 is 2.80 bits per heavy atom. The van der Waals surface area contributed by atoms with Crippen molar-refractivity contribution in [2.45, 2.75) is 13.8 Å². The van der Waals surface area contributed by atoms with Crippen LogP contribution in [0.5, 0.6) is 0 Å². The lowest BCUT2D eigenvalue weighted by atomic mass is 10.2. The smallest absolute Gasteiger partial charge is 0.152 e. The molecule has 0 bridgehead atoms. The molecule has 0 aliphatic heterocycles. The van der Waals surface area contributed by atoms with Crippen LogP contribution in [-0.4, -0.2) is 9.97 Å². The zero-order valence-corrected chi connectivity index (χ0v) is 8.66. The highest BCUT2D eigenvalue weighted by molar-refractivity contribution is 5.81. The van der Waals surface area contributed by atoms with Crippen molar-refractivity contribution in [1.29, 1.82) is 0 Å². The summed E-state index contributed by atoms with van der Waals surface area (Å²) in [5.74, 6) is 0.247. The summed E-state index contributed by atoms with van der Waals surface area (Å²) in [4.78, 5) is 8.42. The fourth-order valence-electron chi connectivity index (χ4n) is 1.52. The van der Waals surface area contributed by atoms with E-state index < -0.39 is 0 Å². The molecule has 1 aromatic carbocycles. The third-order valence-corrected chi connectivity index (χ3v) is 2.20. The number of rotatable bonds is 1. The van der Waals surface area contributed by atoms with E-state index in [1.54, 1.807) is 12.1 Å². The molecule has 76 valence electrons. The number of para-hydroxylation sites is 1. The lowest BCUT2D eigenvalue weighted by molar-refractivity contribution is 0.636. The first kappa shape index (κ1) is 9.77. The van der Waals surface area contributed by atoms with Gasteiger partial charge in [0.2, 0.25) is 0 Å². The molecule has 2 rings (SSSR count). The summed E-state index contributed by atoms with van der Waals surface area (Å²) in [6.45, 7) is 3.74. The number of hydrogen-bond acceptors (Lipinski definition) is 2.